The zero-order valence-electron chi connectivity index (χ0n) is 12.2. The van der Waals surface area contributed by atoms with Crippen molar-refractivity contribution in [2.24, 2.45) is 0 Å². The number of hydrogen-bond acceptors (Lipinski definition) is 3. The minimum Gasteiger partial charge on any atom is -0.312 e. The molecular formula is C14H21Cl2NO2S. The third-order valence-electron chi connectivity index (χ3n) is 3.67. The van der Waals surface area contributed by atoms with Gasteiger partial charge in [-0.25, -0.2) is 8.42 Å². The summed E-state index contributed by atoms with van der Waals surface area (Å²) in [4.78, 5) is 0. The molecule has 1 N–H and O–H groups in total. The number of halogens is 2. The Morgan fingerprint density at radius 3 is 2.30 bits per heavy atom. The van der Waals surface area contributed by atoms with Gasteiger partial charge in [-0.2, -0.15) is 0 Å². The molecule has 1 rings (SSSR count). The van der Waals surface area contributed by atoms with Crippen molar-refractivity contribution >= 4 is 33.0 Å². The largest absolute Gasteiger partial charge is 0.312 e. The Labute approximate surface area is 131 Å². The summed E-state index contributed by atoms with van der Waals surface area (Å²) in [7, 11) is -3.18. The van der Waals surface area contributed by atoms with Gasteiger partial charge in [-0.15, -0.1) is 0 Å². The Kier molecular flexibility index (Phi) is 5.90. The van der Waals surface area contributed by atoms with Gasteiger partial charge < -0.3 is 5.32 Å². The van der Waals surface area contributed by atoms with E-state index in [1.54, 1.807) is 26.0 Å². The number of benzene rings is 1. The van der Waals surface area contributed by atoms with Gasteiger partial charge in [-0.3, -0.25) is 0 Å². The smallest absolute Gasteiger partial charge is 0.154 e. The van der Waals surface area contributed by atoms with Crippen LogP contribution in [0.4, 0.5) is 0 Å². The molecule has 1 atom stereocenters. The minimum absolute atomic E-state index is 0.195. The lowest BCUT2D eigenvalue weighted by atomic mass is 9.95. The molecule has 0 aliphatic carbocycles. The van der Waals surface area contributed by atoms with Gasteiger partial charge in [0.25, 0.3) is 0 Å². The van der Waals surface area contributed by atoms with E-state index in [0.717, 1.165) is 5.56 Å². The van der Waals surface area contributed by atoms with Crippen LogP contribution in [0, 0.1) is 0 Å². The molecule has 0 aromatic heterocycles. The Morgan fingerprint density at radius 2 is 1.85 bits per heavy atom. The third-order valence-corrected chi connectivity index (χ3v) is 6.60. The molecule has 0 saturated carbocycles. The minimum atomic E-state index is -3.18. The summed E-state index contributed by atoms with van der Waals surface area (Å²) < 4.78 is 23.1. The van der Waals surface area contributed by atoms with Crippen LogP contribution in [0.25, 0.3) is 0 Å². The van der Waals surface area contributed by atoms with Gasteiger partial charge in [0.1, 0.15) is 0 Å². The Balaban J connectivity index is 3.06. The molecule has 1 unspecified atom stereocenters. The Morgan fingerprint density at radius 1 is 1.25 bits per heavy atom. The average molecular weight is 338 g/mol. The van der Waals surface area contributed by atoms with Gasteiger partial charge in [0.05, 0.1) is 14.8 Å². The van der Waals surface area contributed by atoms with Crippen LogP contribution in [-0.4, -0.2) is 32.0 Å². The van der Waals surface area contributed by atoms with Gasteiger partial charge in [0.2, 0.25) is 0 Å². The van der Waals surface area contributed by atoms with E-state index in [2.05, 4.69) is 5.32 Å². The molecule has 1 aromatic rings. The van der Waals surface area contributed by atoms with E-state index >= 15 is 0 Å². The highest BCUT2D eigenvalue weighted by molar-refractivity contribution is 7.92. The second-order valence-corrected chi connectivity index (χ2v) is 8.85. The first kappa shape index (κ1) is 17.8. The summed E-state index contributed by atoms with van der Waals surface area (Å²) in [5.41, 5.74) is 0.960. The molecule has 0 heterocycles. The van der Waals surface area contributed by atoms with Gasteiger partial charge in [0, 0.05) is 12.3 Å². The molecule has 0 saturated heterocycles. The van der Waals surface area contributed by atoms with Gasteiger partial charge in [-0.05, 0) is 44.5 Å². The quantitative estimate of drug-likeness (QED) is 0.865. The highest BCUT2D eigenvalue weighted by atomic mass is 35.5. The molecule has 0 bridgehead atoms. The third kappa shape index (κ3) is 4.10. The highest BCUT2D eigenvalue weighted by Crippen LogP contribution is 2.27. The number of nitrogens with one attached hydrogen (secondary N) is 1. The molecule has 0 amide bonds. The van der Waals surface area contributed by atoms with E-state index in [1.165, 1.54) is 6.26 Å². The fraction of sp³-hybridized carbons (Fsp3) is 0.571. The lowest BCUT2D eigenvalue weighted by Crippen LogP contribution is -2.52. The number of sulfone groups is 1. The van der Waals surface area contributed by atoms with Crippen LogP contribution in [-0.2, 0) is 16.3 Å². The second-order valence-electron chi connectivity index (χ2n) is 5.44. The summed E-state index contributed by atoms with van der Waals surface area (Å²) in [6, 6.07) is 5.19. The molecular weight excluding hydrogens is 317 g/mol. The summed E-state index contributed by atoms with van der Waals surface area (Å²) in [6.45, 7) is 6.14. The van der Waals surface area contributed by atoms with Crippen molar-refractivity contribution in [2.75, 3.05) is 12.8 Å². The fourth-order valence-corrected chi connectivity index (χ4v) is 2.98. The maximum Gasteiger partial charge on any atom is 0.154 e. The summed E-state index contributed by atoms with van der Waals surface area (Å²) >= 11 is 11.9. The van der Waals surface area contributed by atoms with Crippen LogP contribution < -0.4 is 5.32 Å². The Hall–Kier alpha value is -0.290. The monoisotopic (exact) mass is 337 g/mol. The first-order chi connectivity index (χ1) is 9.09. The Bertz CT molecular complexity index is 571. The maximum atomic E-state index is 12.0. The molecule has 0 radical (unpaired) electrons. The first-order valence-corrected chi connectivity index (χ1v) is 9.11. The zero-order valence-corrected chi connectivity index (χ0v) is 14.5. The summed E-state index contributed by atoms with van der Waals surface area (Å²) in [6.07, 6.45) is 1.84. The molecule has 0 aliphatic rings. The van der Waals surface area contributed by atoms with Crippen LogP contribution >= 0.6 is 23.2 Å². The van der Waals surface area contributed by atoms with Crippen molar-refractivity contribution < 1.29 is 8.42 Å². The van der Waals surface area contributed by atoms with E-state index < -0.39 is 14.6 Å². The highest BCUT2D eigenvalue weighted by Gasteiger charge is 2.38. The van der Waals surface area contributed by atoms with Crippen LogP contribution in [0.3, 0.4) is 0 Å². The van der Waals surface area contributed by atoms with Gasteiger partial charge >= 0.3 is 0 Å². The van der Waals surface area contributed by atoms with Gasteiger partial charge in [-0.1, -0.05) is 36.2 Å². The lowest BCUT2D eigenvalue weighted by molar-refractivity contribution is 0.413. The predicted octanol–water partition coefficient (Wildman–Crippen LogP) is 3.34. The first-order valence-electron chi connectivity index (χ1n) is 6.46. The number of rotatable bonds is 6. The van der Waals surface area contributed by atoms with Crippen LogP contribution in [0.15, 0.2) is 18.2 Å². The van der Waals surface area contributed by atoms with Crippen molar-refractivity contribution in [1.29, 1.82) is 0 Å². The number of likely N-dealkylation sites (N-methyl/N-ethyl adjacent to an activating group) is 1. The molecule has 114 valence electrons. The maximum absolute atomic E-state index is 12.0. The van der Waals surface area contributed by atoms with E-state index in [1.807, 2.05) is 13.0 Å². The fourth-order valence-electron chi connectivity index (χ4n) is 1.97. The van der Waals surface area contributed by atoms with Crippen molar-refractivity contribution in [1.82, 2.24) is 5.32 Å². The topological polar surface area (TPSA) is 46.2 Å². The van der Waals surface area contributed by atoms with E-state index in [4.69, 9.17) is 23.2 Å². The van der Waals surface area contributed by atoms with Crippen molar-refractivity contribution in [3.63, 3.8) is 0 Å². The average Bonchev–Trinajstić information content (AvgIpc) is 2.31. The molecule has 1 aromatic carbocycles. The summed E-state index contributed by atoms with van der Waals surface area (Å²) in [5.74, 6) is 0. The van der Waals surface area contributed by atoms with Crippen LogP contribution in [0.2, 0.25) is 10.0 Å². The van der Waals surface area contributed by atoms with Crippen molar-refractivity contribution in [2.45, 2.75) is 38.0 Å². The summed E-state index contributed by atoms with van der Waals surface area (Å²) in [5, 5.41) is 4.24. The molecule has 3 nitrogen and oxygen atoms in total. The lowest BCUT2D eigenvalue weighted by Gasteiger charge is -2.33. The standard InChI is InChI=1S/C14H21Cl2NO2S/c1-5-17-13(14(2,3)20(4,18)19)9-10-6-7-11(15)12(16)8-10/h6-8,13,17H,5,9H2,1-4H3. The SMILES string of the molecule is CCNC(Cc1ccc(Cl)c(Cl)c1)C(C)(C)S(C)(=O)=O. The molecule has 20 heavy (non-hydrogen) atoms. The van der Waals surface area contributed by atoms with Crippen LogP contribution in [0.1, 0.15) is 26.3 Å². The molecule has 6 heteroatoms. The molecule has 0 fully saturated rings. The zero-order chi connectivity index (χ0) is 15.6. The van der Waals surface area contributed by atoms with Crippen molar-refractivity contribution in [3.05, 3.63) is 33.8 Å². The van der Waals surface area contributed by atoms with Crippen molar-refractivity contribution in [3.8, 4) is 0 Å². The van der Waals surface area contributed by atoms with Gasteiger partial charge in [0.15, 0.2) is 9.84 Å². The molecule has 0 spiro atoms. The number of hydrogen-bond donors (Lipinski definition) is 1. The van der Waals surface area contributed by atoms with E-state index in [-0.39, 0.29) is 6.04 Å². The second kappa shape index (κ2) is 6.65. The molecule has 0 aliphatic heterocycles. The van der Waals surface area contributed by atoms with Crippen LogP contribution in [0.5, 0.6) is 0 Å². The van der Waals surface area contributed by atoms with E-state index in [9.17, 15) is 8.42 Å². The van der Waals surface area contributed by atoms with E-state index in [0.29, 0.717) is 23.0 Å². The predicted molar refractivity (Wildman–Crippen MR) is 86.6 cm³/mol. The normalized spacial score (nSPS) is 14.3.